The smallest absolute Gasteiger partial charge is 0.0982 e. The van der Waals surface area contributed by atoms with Gasteiger partial charge in [0.05, 0.1) is 6.10 Å². The topological polar surface area (TPSA) is 20.2 Å². The second-order valence-electron chi connectivity index (χ2n) is 2.41. The van der Waals surface area contributed by atoms with Crippen LogP contribution < -0.4 is 0 Å². The summed E-state index contributed by atoms with van der Waals surface area (Å²) in [6.45, 7) is 0. The first-order chi connectivity index (χ1) is 4.88. The molecule has 2 rings (SSSR count). The fourth-order valence-electron chi connectivity index (χ4n) is 1.16. The molecule has 0 amide bonds. The van der Waals surface area contributed by atoms with Crippen LogP contribution in [0.15, 0.2) is 34.8 Å². The first-order valence-corrected chi connectivity index (χ1v) is 4.30. The molecule has 1 unspecified atom stereocenters. The van der Waals surface area contributed by atoms with Gasteiger partial charge in [-0.25, -0.2) is 0 Å². The predicted octanol–water partition coefficient (Wildman–Crippen LogP) is 1.47. The third-order valence-electron chi connectivity index (χ3n) is 1.73. The van der Waals surface area contributed by atoms with Crippen molar-refractivity contribution in [1.82, 2.24) is 0 Å². The molecule has 1 nitrogen and oxygen atoms in total. The lowest BCUT2D eigenvalue weighted by molar-refractivity contribution is 0.261. The number of aliphatic hydroxyl groups excluding tert-OH is 1. The molecule has 1 N–H and O–H groups in total. The van der Waals surface area contributed by atoms with Crippen LogP contribution in [0.2, 0.25) is 0 Å². The molecule has 0 fully saturated rings. The zero-order chi connectivity index (χ0) is 6.97. The highest BCUT2D eigenvalue weighted by Crippen LogP contribution is 2.32. The molecular weight excluding hydrogens is 144 g/mol. The zero-order valence-electron chi connectivity index (χ0n) is 5.45. The number of aliphatic hydroxyl groups is 1. The molecule has 0 aromatic carbocycles. The van der Waals surface area contributed by atoms with E-state index in [0.29, 0.717) is 0 Å². The van der Waals surface area contributed by atoms with Crippen molar-refractivity contribution in [3.63, 3.8) is 0 Å². The summed E-state index contributed by atoms with van der Waals surface area (Å²) in [5.74, 6) is 1.02. The Labute approximate surface area is 64.1 Å². The average molecular weight is 152 g/mol. The SMILES string of the molecule is OC1C=CC=C2CSC=C21. The summed E-state index contributed by atoms with van der Waals surface area (Å²) in [5.41, 5.74) is 2.37. The van der Waals surface area contributed by atoms with Gasteiger partial charge in [-0.3, -0.25) is 0 Å². The molecule has 0 bridgehead atoms. The van der Waals surface area contributed by atoms with Crippen molar-refractivity contribution in [2.75, 3.05) is 5.75 Å². The predicted molar refractivity (Wildman–Crippen MR) is 43.8 cm³/mol. The van der Waals surface area contributed by atoms with E-state index in [-0.39, 0.29) is 6.10 Å². The monoisotopic (exact) mass is 152 g/mol. The van der Waals surface area contributed by atoms with E-state index in [2.05, 4.69) is 6.08 Å². The van der Waals surface area contributed by atoms with Crippen LogP contribution in [0.5, 0.6) is 0 Å². The maximum Gasteiger partial charge on any atom is 0.0982 e. The van der Waals surface area contributed by atoms with Gasteiger partial charge in [0.15, 0.2) is 0 Å². The molecule has 1 atom stereocenters. The van der Waals surface area contributed by atoms with E-state index in [1.165, 1.54) is 5.57 Å². The Morgan fingerprint density at radius 2 is 2.50 bits per heavy atom. The molecule has 0 saturated carbocycles. The normalized spacial score (nSPS) is 29.5. The molecule has 0 spiro atoms. The van der Waals surface area contributed by atoms with Gasteiger partial charge in [-0.2, -0.15) is 0 Å². The first-order valence-electron chi connectivity index (χ1n) is 3.25. The Balaban J connectivity index is 2.39. The van der Waals surface area contributed by atoms with Crippen LogP contribution in [0, 0.1) is 0 Å². The van der Waals surface area contributed by atoms with Crippen molar-refractivity contribution in [3.8, 4) is 0 Å². The third kappa shape index (κ3) is 0.842. The first kappa shape index (κ1) is 6.25. The number of hydrogen-bond donors (Lipinski definition) is 1. The van der Waals surface area contributed by atoms with Gasteiger partial charge in [-0.05, 0) is 16.6 Å². The summed E-state index contributed by atoms with van der Waals surface area (Å²) in [4.78, 5) is 0. The lowest BCUT2D eigenvalue weighted by atomic mass is 9.99. The Hall–Kier alpha value is -0.470. The Morgan fingerprint density at radius 3 is 3.30 bits per heavy atom. The summed E-state index contributed by atoms with van der Waals surface area (Å²) in [5, 5.41) is 11.4. The molecule has 0 radical (unpaired) electrons. The zero-order valence-corrected chi connectivity index (χ0v) is 6.27. The number of hydrogen-bond acceptors (Lipinski definition) is 2. The maximum atomic E-state index is 9.37. The molecular formula is C8H8OS. The molecule has 2 heteroatoms. The van der Waals surface area contributed by atoms with Gasteiger partial charge in [0, 0.05) is 5.75 Å². The van der Waals surface area contributed by atoms with E-state index >= 15 is 0 Å². The molecule has 52 valence electrons. The molecule has 10 heavy (non-hydrogen) atoms. The highest BCUT2D eigenvalue weighted by atomic mass is 32.2. The highest BCUT2D eigenvalue weighted by molar-refractivity contribution is 8.02. The van der Waals surface area contributed by atoms with Gasteiger partial charge in [0.2, 0.25) is 0 Å². The van der Waals surface area contributed by atoms with E-state index in [1.54, 1.807) is 17.8 Å². The van der Waals surface area contributed by atoms with Gasteiger partial charge in [0.25, 0.3) is 0 Å². The summed E-state index contributed by atoms with van der Waals surface area (Å²) < 4.78 is 0. The van der Waals surface area contributed by atoms with Crippen molar-refractivity contribution in [3.05, 3.63) is 34.8 Å². The van der Waals surface area contributed by atoms with Gasteiger partial charge in [0.1, 0.15) is 0 Å². The largest absolute Gasteiger partial charge is 0.384 e. The molecule has 1 heterocycles. The minimum atomic E-state index is -0.352. The van der Waals surface area contributed by atoms with Crippen LogP contribution in [-0.4, -0.2) is 17.0 Å². The number of fused-ring (bicyclic) bond motifs is 1. The van der Waals surface area contributed by atoms with Crippen LogP contribution in [0.4, 0.5) is 0 Å². The summed E-state index contributed by atoms with van der Waals surface area (Å²) in [6, 6.07) is 0. The fourth-order valence-corrected chi connectivity index (χ4v) is 2.16. The lowest BCUT2D eigenvalue weighted by Gasteiger charge is -2.11. The number of rotatable bonds is 0. The van der Waals surface area contributed by atoms with E-state index in [0.717, 1.165) is 11.3 Å². The Bertz CT molecular complexity index is 238. The molecule has 0 saturated heterocycles. The average Bonchev–Trinajstić information content (AvgIpc) is 2.36. The van der Waals surface area contributed by atoms with E-state index in [9.17, 15) is 5.11 Å². The standard InChI is InChI=1S/C8H8OS/c9-8-3-1-2-6-4-10-5-7(6)8/h1-3,5,8-9H,4H2. The molecule has 0 aromatic rings. The molecule has 0 aromatic heterocycles. The van der Waals surface area contributed by atoms with Crippen LogP contribution >= 0.6 is 11.8 Å². The van der Waals surface area contributed by atoms with E-state index in [1.807, 2.05) is 11.5 Å². The number of thioether (sulfide) groups is 1. The Kier molecular flexibility index (Phi) is 1.43. The van der Waals surface area contributed by atoms with Crippen molar-refractivity contribution >= 4 is 11.8 Å². The quantitative estimate of drug-likeness (QED) is 0.567. The summed E-state index contributed by atoms with van der Waals surface area (Å²) in [7, 11) is 0. The highest BCUT2D eigenvalue weighted by Gasteiger charge is 2.19. The molecule has 2 aliphatic rings. The third-order valence-corrected chi connectivity index (χ3v) is 2.63. The van der Waals surface area contributed by atoms with Crippen molar-refractivity contribution in [1.29, 1.82) is 0 Å². The minimum absolute atomic E-state index is 0.352. The maximum absolute atomic E-state index is 9.37. The van der Waals surface area contributed by atoms with Crippen LogP contribution in [-0.2, 0) is 0 Å². The van der Waals surface area contributed by atoms with Crippen LogP contribution in [0.3, 0.4) is 0 Å². The van der Waals surface area contributed by atoms with Gasteiger partial charge < -0.3 is 5.11 Å². The number of allylic oxidation sites excluding steroid dienone is 2. The second-order valence-corrected chi connectivity index (χ2v) is 3.26. The summed E-state index contributed by atoms with van der Waals surface area (Å²) >= 11 is 1.75. The second kappa shape index (κ2) is 2.29. The fraction of sp³-hybridized carbons (Fsp3) is 0.250. The van der Waals surface area contributed by atoms with Gasteiger partial charge in [-0.1, -0.05) is 18.2 Å². The molecule has 1 aliphatic carbocycles. The van der Waals surface area contributed by atoms with Crippen molar-refractivity contribution in [2.45, 2.75) is 6.10 Å². The van der Waals surface area contributed by atoms with Crippen molar-refractivity contribution < 1.29 is 5.11 Å². The van der Waals surface area contributed by atoms with Crippen molar-refractivity contribution in [2.24, 2.45) is 0 Å². The van der Waals surface area contributed by atoms with Gasteiger partial charge >= 0.3 is 0 Å². The van der Waals surface area contributed by atoms with Crippen LogP contribution in [0.25, 0.3) is 0 Å². The van der Waals surface area contributed by atoms with E-state index < -0.39 is 0 Å². The minimum Gasteiger partial charge on any atom is -0.384 e. The van der Waals surface area contributed by atoms with Crippen LogP contribution in [0.1, 0.15) is 0 Å². The Morgan fingerprint density at radius 1 is 1.60 bits per heavy atom. The molecule has 1 aliphatic heterocycles. The lowest BCUT2D eigenvalue weighted by Crippen LogP contribution is -2.09. The van der Waals surface area contributed by atoms with Gasteiger partial charge in [-0.15, -0.1) is 11.8 Å². The summed E-state index contributed by atoms with van der Waals surface area (Å²) in [6.07, 6.45) is 5.44. The van der Waals surface area contributed by atoms with E-state index in [4.69, 9.17) is 0 Å².